The number of H-pyrrole nitrogens is 1. The van der Waals surface area contributed by atoms with Crippen molar-refractivity contribution in [2.75, 3.05) is 17.7 Å². The number of nitrogens with zero attached hydrogens (tertiary/aromatic N) is 2. The summed E-state index contributed by atoms with van der Waals surface area (Å²) in [6.07, 6.45) is 4.86. The average molecular weight is 391 g/mol. The van der Waals surface area contributed by atoms with Gasteiger partial charge < -0.3 is 15.5 Å². The fourth-order valence-electron chi connectivity index (χ4n) is 2.92. The van der Waals surface area contributed by atoms with Crippen LogP contribution in [0.2, 0.25) is 0 Å². The van der Waals surface area contributed by atoms with E-state index >= 15 is 0 Å². The molecule has 0 aliphatic heterocycles. The first-order valence-electron chi connectivity index (χ1n) is 9.55. The maximum absolute atomic E-state index is 12.5. The number of carbonyl (C=O) groups excluding carboxylic acids is 2. The van der Waals surface area contributed by atoms with Crippen molar-refractivity contribution in [2.45, 2.75) is 26.3 Å². The van der Waals surface area contributed by atoms with Gasteiger partial charge in [0.15, 0.2) is 0 Å². The second-order valence-corrected chi connectivity index (χ2v) is 6.85. The van der Waals surface area contributed by atoms with Crippen LogP contribution in [-0.4, -0.2) is 34.1 Å². The van der Waals surface area contributed by atoms with Crippen LogP contribution in [0.4, 0.5) is 16.2 Å². The topological polar surface area (TPSA) is 90.1 Å². The van der Waals surface area contributed by atoms with E-state index < -0.39 is 0 Å². The Kier molecular flexibility index (Phi) is 6.63. The molecule has 0 spiro atoms. The molecule has 0 saturated heterocycles. The number of rotatable bonds is 7. The number of aromatic nitrogens is 2. The first-order chi connectivity index (χ1) is 14.0. The Labute approximate surface area is 170 Å². The molecule has 0 radical (unpaired) electrons. The Morgan fingerprint density at radius 1 is 1.03 bits per heavy atom. The largest absolute Gasteiger partial charge is 0.326 e. The molecule has 7 heteroatoms. The summed E-state index contributed by atoms with van der Waals surface area (Å²) in [6, 6.07) is 14.9. The lowest BCUT2D eigenvalue weighted by Gasteiger charge is -2.19. The number of hydrogen-bond acceptors (Lipinski definition) is 3. The summed E-state index contributed by atoms with van der Waals surface area (Å²) in [6.45, 7) is 2.39. The van der Waals surface area contributed by atoms with E-state index in [9.17, 15) is 9.59 Å². The van der Waals surface area contributed by atoms with Crippen LogP contribution < -0.4 is 10.6 Å². The summed E-state index contributed by atoms with van der Waals surface area (Å²) < 4.78 is 0. The van der Waals surface area contributed by atoms with Gasteiger partial charge in [0.1, 0.15) is 0 Å². The van der Waals surface area contributed by atoms with E-state index in [1.54, 1.807) is 18.1 Å². The van der Waals surface area contributed by atoms with Crippen LogP contribution in [0.15, 0.2) is 60.9 Å². The van der Waals surface area contributed by atoms with Crippen molar-refractivity contribution in [3.05, 3.63) is 66.5 Å². The van der Waals surface area contributed by atoms with Gasteiger partial charge in [0, 0.05) is 43.1 Å². The first-order valence-corrected chi connectivity index (χ1v) is 9.55. The molecule has 0 unspecified atom stereocenters. The highest BCUT2D eigenvalue weighted by Gasteiger charge is 2.10. The van der Waals surface area contributed by atoms with Gasteiger partial charge in [0.05, 0.1) is 6.20 Å². The lowest BCUT2D eigenvalue weighted by molar-refractivity contribution is -0.116. The van der Waals surface area contributed by atoms with Crippen molar-refractivity contribution < 1.29 is 9.59 Å². The van der Waals surface area contributed by atoms with E-state index in [2.05, 4.69) is 20.8 Å². The summed E-state index contributed by atoms with van der Waals surface area (Å²) in [4.78, 5) is 25.9. The van der Waals surface area contributed by atoms with Gasteiger partial charge in [-0.25, -0.2) is 4.79 Å². The van der Waals surface area contributed by atoms with Crippen LogP contribution in [0.5, 0.6) is 0 Å². The Hall–Kier alpha value is -3.61. The van der Waals surface area contributed by atoms with E-state index in [4.69, 9.17) is 0 Å². The Bertz CT molecular complexity index is 952. The van der Waals surface area contributed by atoms with E-state index in [-0.39, 0.29) is 11.9 Å². The minimum atomic E-state index is -0.207. The second kappa shape index (κ2) is 9.54. The maximum atomic E-state index is 12.5. The van der Waals surface area contributed by atoms with Crippen molar-refractivity contribution >= 4 is 23.3 Å². The van der Waals surface area contributed by atoms with Gasteiger partial charge in [-0.2, -0.15) is 5.10 Å². The summed E-state index contributed by atoms with van der Waals surface area (Å²) in [5.74, 6) is -0.00499. The maximum Gasteiger partial charge on any atom is 0.321 e. The third-order valence-electron chi connectivity index (χ3n) is 4.42. The molecule has 0 saturated carbocycles. The molecule has 3 N–H and O–H groups in total. The number of anilines is 2. The second-order valence-electron chi connectivity index (χ2n) is 6.85. The number of hydrogen-bond donors (Lipinski definition) is 3. The third-order valence-corrected chi connectivity index (χ3v) is 4.42. The first kappa shape index (κ1) is 20.1. The molecule has 29 heavy (non-hydrogen) atoms. The summed E-state index contributed by atoms with van der Waals surface area (Å²) in [5, 5.41) is 12.5. The number of urea groups is 1. The van der Waals surface area contributed by atoms with Crippen LogP contribution in [0.25, 0.3) is 11.1 Å². The highest BCUT2D eigenvalue weighted by atomic mass is 16.2. The average Bonchev–Trinajstić information content (AvgIpc) is 3.24. The molecule has 0 fully saturated rings. The Morgan fingerprint density at radius 2 is 1.83 bits per heavy atom. The number of aromatic amines is 1. The third kappa shape index (κ3) is 5.68. The fourth-order valence-corrected chi connectivity index (χ4v) is 2.92. The van der Waals surface area contributed by atoms with Crippen molar-refractivity contribution in [3.8, 4) is 11.1 Å². The summed E-state index contributed by atoms with van der Waals surface area (Å²) >= 11 is 0. The molecule has 1 heterocycles. The van der Waals surface area contributed by atoms with Gasteiger partial charge in [0.2, 0.25) is 5.91 Å². The zero-order valence-corrected chi connectivity index (χ0v) is 16.6. The molecular weight excluding hydrogens is 366 g/mol. The van der Waals surface area contributed by atoms with Gasteiger partial charge in [0.25, 0.3) is 0 Å². The molecule has 3 amide bonds. The zero-order valence-electron chi connectivity index (χ0n) is 16.6. The molecule has 150 valence electrons. The summed E-state index contributed by atoms with van der Waals surface area (Å²) in [7, 11) is 1.73. The minimum absolute atomic E-state index is 0.00499. The molecule has 0 bridgehead atoms. The molecule has 2 aromatic carbocycles. The Morgan fingerprint density at radius 3 is 2.52 bits per heavy atom. The van der Waals surface area contributed by atoms with Crippen LogP contribution in [0.1, 0.15) is 25.3 Å². The fraction of sp³-hybridized carbons (Fsp3) is 0.227. The molecule has 1 aromatic heterocycles. The lowest BCUT2D eigenvalue weighted by atomic mass is 10.1. The molecule has 0 atom stereocenters. The van der Waals surface area contributed by atoms with Crippen molar-refractivity contribution in [1.29, 1.82) is 0 Å². The molecule has 0 aliphatic carbocycles. The smallest absolute Gasteiger partial charge is 0.321 e. The SMILES string of the molecule is CCCC(=O)Nc1cccc(CN(C)C(=O)Nc2ccc(-c3cn[nH]c3)cc2)c1. The van der Waals surface area contributed by atoms with E-state index in [0.29, 0.717) is 13.0 Å². The number of nitrogens with one attached hydrogen (secondary N) is 3. The Balaban J connectivity index is 1.57. The van der Waals surface area contributed by atoms with Crippen molar-refractivity contribution in [2.24, 2.45) is 0 Å². The quantitative estimate of drug-likeness (QED) is 0.555. The van der Waals surface area contributed by atoms with Crippen LogP contribution in [0, 0.1) is 0 Å². The normalized spacial score (nSPS) is 10.4. The summed E-state index contributed by atoms with van der Waals surface area (Å²) in [5.41, 5.74) is 4.41. The molecular formula is C22H25N5O2. The highest BCUT2D eigenvalue weighted by molar-refractivity contribution is 5.91. The van der Waals surface area contributed by atoms with Crippen LogP contribution in [-0.2, 0) is 11.3 Å². The zero-order chi connectivity index (χ0) is 20.6. The van der Waals surface area contributed by atoms with Crippen molar-refractivity contribution in [1.82, 2.24) is 15.1 Å². The number of amides is 3. The van der Waals surface area contributed by atoms with E-state index in [1.165, 1.54) is 0 Å². The number of carbonyl (C=O) groups is 2. The minimum Gasteiger partial charge on any atom is -0.326 e. The van der Waals surface area contributed by atoms with Gasteiger partial charge in [-0.05, 0) is 41.8 Å². The van der Waals surface area contributed by atoms with Gasteiger partial charge >= 0.3 is 6.03 Å². The lowest BCUT2D eigenvalue weighted by Crippen LogP contribution is -2.30. The predicted octanol–water partition coefficient (Wildman–Crippen LogP) is 4.48. The molecule has 0 aliphatic rings. The molecule has 7 nitrogen and oxygen atoms in total. The predicted molar refractivity (Wildman–Crippen MR) is 114 cm³/mol. The standard InChI is InChI=1S/C22H25N5O2/c1-3-5-21(28)25-20-7-4-6-16(12-20)15-27(2)22(29)26-19-10-8-17(9-11-19)18-13-23-24-14-18/h4,6-14H,3,5,15H2,1-2H3,(H,23,24)(H,25,28)(H,26,29). The highest BCUT2D eigenvalue weighted by Crippen LogP contribution is 2.20. The van der Waals surface area contributed by atoms with E-state index in [1.807, 2.05) is 61.7 Å². The van der Waals surface area contributed by atoms with Gasteiger partial charge in [-0.1, -0.05) is 31.2 Å². The molecule has 3 rings (SSSR count). The van der Waals surface area contributed by atoms with Gasteiger partial charge in [-0.3, -0.25) is 9.89 Å². The monoisotopic (exact) mass is 391 g/mol. The van der Waals surface area contributed by atoms with E-state index in [0.717, 1.165) is 34.5 Å². The molecule has 3 aromatic rings. The van der Waals surface area contributed by atoms with Crippen LogP contribution in [0.3, 0.4) is 0 Å². The number of benzene rings is 2. The van der Waals surface area contributed by atoms with Gasteiger partial charge in [-0.15, -0.1) is 0 Å². The van der Waals surface area contributed by atoms with Crippen LogP contribution >= 0.6 is 0 Å². The van der Waals surface area contributed by atoms with Crippen molar-refractivity contribution in [3.63, 3.8) is 0 Å².